The lowest BCUT2D eigenvalue weighted by Crippen LogP contribution is -2.48. The van der Waals surface area contributed by atoms with E-state index in [2.05, 4.69) is 20.4 Å². The van der Waals surface area contributed by atoms with Crippen molar-refractivity contribution in [2.24, 2.45) is 0 Å². The van der Waals surface area contributed by atoms with Gasteiger partial charge in [-0.15, -0.1) is 0 Å². The van der Waals surface area contributed by atoms with Crippen molar-refractivity contribution in [2.45, 2.75) is 39.2 Å². The minimum absolute atomic E-state index is 0.0790. The molecule has 0 radical (unpaired) electrons. The van der Waals surface area contributed by atoms with Gasteiger partial charge >= 0.3 is 0 Å². The van der Waals surface area contributed by atoms with Crippen molar-refractivity contribution in [3.63, 3.8) is 0 Å². The summed E-state index contributed by atoms with van der Waals surface area (Å²) >= 11 is 0. The zero-order valence-corrected chi connectivity index (χ0v) is 14.1. The van der Waals surface area contributed by atoms with Gasteiger partial charge in [-0.05, 0) is 49.9 Å². The topological polar surface area (TPSA) is 61.0 Å². The third kappa shape index (κ3) is 3.42. The van der Waals surface area contributed by atoms with Crippen LogP contribution in [0, 0.1) is 12.7 Å². The van der Waals surface area contributed by atoms with Crippen LogP contribution in [-0.2, 0) is 6.42 Å². The third-order valence-corrected chi connectivity index (χ3v) is 4.57. The molecular formula is C18H23FN4O. The molecule has 1 unspecified atom stereocenters. The Morgan fingerprint density at radius 2 is 2.33 bits per heavy atom. The van der Waals surface area contributed by atoms with E-state index in [-0.39, 0.29) is 17.8 Å². The zero-order chi connectivity index (χ0) is 17.1. The quantitative estimate of drug-likeness (QED) is 0.906. The fourth-order valence-electron chi connectivity index (χ4n) is 3.33. The van der Waals surface area contributed by atoms with E-state index in [0.29, 0.717) is 5.56 Å². The number of aromatic amines is 1. The number of piperidine rings is 1. The number of amides is 1. The van der Waals surface area contributed by atoms with Gasteiger partial charge < -0.3 is 10.2 Å². The summed E-state index contributed by atoms with van der Waals surface area (Å²) in [6.07, 6.45) is 4.27. The summed E-state index contributed by atoms with van der Waals surface area (Å²) in [6, 6.07) is 4.94. The average molecular weight is 330 g/mol. The molecule has 1 fully saturated rings. The van der Waals surface area contributed by atoms with Gasteiger partial charge in [-0.1, -0.05) is 6.92 Å². The van der Waals surface area contributed by atoms with Crippen LogP contribution in [-0.4, -0.2) is 35.2 Å². The van der Waals surface area contributed by atoms with E-state index in [4.69, 9.17) is 0 Å². The molecule has 128 valence electrons. The highest BCUT2D eigenvalue weighted by molar-refractivity contribution is 5.95. The van der Waals surface area contributed by atoms with Gasteiger partial charge in [-0.25, -0.2) is 4.39 Å². The van der Waals surface area contributed by atoms with Crippen LogP contribution in [0.3, 0.4) is 0 Å². The fourth-order valence-corrected chi connectivity index (χ4v) is 3.33. The molecule has 0 spiro atoms. The highest BCUT2D eigenvalue weighted by Gasteiger charge is 2.24. The molecule has 24 heavy (non-hydrogen) atoms. The number of carbonyl (C=O) groups is 1. The van der Waals surface area contributed by atoms with Crippen molar-refractivity contribution in [2.75, 3.05) is 18.0 Å². The molecule has 0 aliphatic carbocycles. The Bertz CT molecular complexity index is 728. The summed E-state index contributed by atoms with van der Waals surface area (Å²) in [7, 11) is 0. The zero-order valence-electron chi connectivity index (χ0n) is 14.1. The summed E-state index contributed by atoms with van der Waals surface area (Å²) in [5.74, 6) is -0.298. The normalized spacial score (nSPS) is 17.8. The number of aromatic nitrogens is 2. The van der Waals surface area contributed by atoms with Crippen LogP contribution < -0.4 is 10.2 Å². The number of halogens is 1. The summed E-state index contributed by atoms with van der Waals surface area (Å²) in [4.78, 5) is 14.7. The molecule has 1 aromatic carbocycles. The molecule has 2 heterocycles. The smallest absolute Gasteiger partial charge is 0.255 e. The number of rotatable bonds is 4. The lowest BCUT2D eigenvalue weighted by atomic mass is 10.0. The predicted molar refractivity (Wildman–Crippen MR) is 91.8 cm³/mol. The van der Waals surface area contributed by atoms with Gasteiger partial charge in [0.1, 0.15) is 5.82 Å². The molecule has 1 saturated heterocycles. The Labute approximate surface area is 141 Å². The Balaban J connectivity index is 1.68. The second-order valence-corrected chi connectivity index (χ2v) is 6.31. The third-order valence-electron chi connectivity index (χ3n) is 4.57. The summed E-state index contributed by atoms with van der Waals surface area (Å²) in [5.41, 5.74) is 3.43. The van der Waals surface area contributed by atoms with Gasteiger partial charge in [-0.3, -0.25) is 9.89 Å². The van der Waals surface area contributed by atoms with Crippen molar-refractivity contribution in [1.82, 2.24) is 15.5 Å². The largest absolute Gasteiger partial charge is 0.369 e. The maximum atomic E-state index is 13.3. The Morgan fingerprint density at radius 3 is 3.08 bits per heavy atom. The molecule has 2 N–H and O–H groups in total. The summed E-state index contributed by atoms with van der Waals surface area (Å²) in [5, 5.41) is 9.93. The molecule has 0 bridgehead atoms. The minimum Gasteiger partial charge on any atom is -0.369 e. The first-order valence-electron chi connectivity index (χ1n) is 8.42. The van der Waals surface area contributed by atoms with E-state index >= 15 is 0 Å². The minimum atomic E-state index is -0.217. The van der Waals surface area contributed by atoms with Gasteiger partial charge in [0, 0.05) is 30.5 Å². The molecule has 1 aliphatic heterocycles. The highest BCUT2D eigenvalue weighted by atomic mass is 19.1. The molecule has 2 aromatic rings. The molecular weight excluding hydrogens is 307 g/mol. The van der Waals surface area contributed by atoms with Crippen LogP contribution >= 0.6 is 0 Å². The van der Waals surface area contributed by atoms with Crippen molar-refractivity contribution in [3.8, 4) is 0 Å². The second-order valence-electron chi connectivity index (χ2n) is 6.31. The van der Waals surface area contributed by atoms with E-state index in [1.165, 1.54) is 6.07 Å². The first kappa shape index (κ1) is 16.5. The predicted octanol–water partition coefficient (Wildman–Crippen LogP) is 2.82. The van der Waals surface area contributed by atoms with Gasteiger partial charge in [0.15, 0.2) is 0 Å². The van der Waals surface area contributed by atoms with E-state index in [0.717, 1.165) is 49.3 Å². The number of H-pyrrole nitrogens is 1. The first-order valence-corrected chi connectivity index (χ1v) is 8.42. The molecule has 1 atom stereocenters. The van der Waals surface area contributed by atoms with Gasteiger partial charge in [0.05, 0.1) is 11.8 Å². The monoisotopic (exact) mass is 330 g/mol. The van der Waals surface area contributed by atoms with Gasteiger partial charge in [0.25, 0.3) is 5.91 Å². The number of benzene rings is 1. The fraction of sp³-hybridized carbons (Fsp3) is 0.444. The van der Waals surface area contributed by atoms with Crippen molar-refractivity contribution < 1.29 is 9.18 Å². The maximum absolute atomic E-state index is 13.3. The lowest BCUT2D eigenvalue weighted by molar-refractivity contribution is 0.0932. The van der Waals surface area contributed by atoms with Crippen LogP contribution in [0.25, 0.3) is 0 Å². The van der Waals surface area contributed by atoms with Crippen molar-refractivity contribution in [1.29, 1.82) is 0 Å². The summed E-state index contributed by atoms with van der Waals surface area (Å²) < 4.78 is 13.3. The van der Waals surface area contributed by atoms with Crippen LogP contribution in [0.2, 0.25) is 0 Å². The van der Waals surface area contributed by atoms with Gasteiger partial charge in [0.2, 0.25) is 0 Å². The van der Waals surface area contributed by atoms with Crippen molar-refractivity contribution in [3.05, 3.63) is 47.0 Å². The van der Waals surface area contributed by atoms with E-state index in [1.54, 1.807) is 12.3 Å². The van der Waals surface area contributed by atoms with Crippen LogP contribution in [0.1, 0.15) is 41.4 Å². The van der Waals surface area contributed by atoms with Crippen LogP contribution in [0.15, 0.2) is 24.4 Å². The van der Waals surface area contributed by atoms with Crippen LogP contribution in [0.5, 0.6) is 0 Å². The number of hydrogen-bond acceptors (Lipinski definition) is 3. The standard InChI is InChI=1S/C18H23FN4O/c1-3-16-15(10-20-22-16)18(24)21-14-5-4-8-23(11-14)17-7-6-13(19)9-12(17)2/h6-7,9-10,14H,3-5,8,11H2,1-2H3,(H,20,22)(H,21,24). The molecule has 1 aliphatic rings. The van der Waals surface area contributed by atoms with Gasteiger partial charge in [-0.2, -0.15) is 5.10 Å². The molecule has 1 amide bonds. The first-order chi connectivity index (χ1) is 11.6. The number of aryl methyl sites for hydroxylation is 2. The number of hydrogen-bond donors (Lipinski definition) is 2. The molecule has 6 heteroatoms. The average Bonchev–Trinajstić information content (AvgIpc) is 3.04. The molecule has 0 saturated carbocycles. The van der Waals surface area contributed by atoms with E-state index < -0.39 is 0 Å². The number of nitrogens with zero attached hydrogens (tertiary/aromatic N) is 2. The van der Waals surface area contributed by atoms with E-state index in [9.17, 15) is 9.18 Å². The molecule has 5 nitrogen and oxygen atoms in total. The Hall–Kier alpha value is -2.37. The SMILES string of the molecule is CCc1[nH]ncc1C(=O)NC1CCCN(c2ccc(F)cc2C)C1. The number of anilines is 1. The van der Waals surface area contributed by atoms with Crippen molar-refractivity contribution >= 4 is 11.6 Å². The second kappa shape index (κ2) is 7.03. The number of carbonyl (C=O) groups excluding carboxylic acids is 1. The lowest BCUT2D eigenvalue weighted by Gasteiger charge is -2.35. The Kier molecular flexibility index (Phi) is 4.83. The van der Waals surface area contributed by atoms with E-state index in [1.807, 2.05) is 19.9 Å². The molecule has 1 aromatic heterocycles. The maximum Gasteiger partial charge on any atom is 0.255 e. The summed E-state index contributed by atoms with van der Waals surface area (Å²) in [6.45, 7) is 5.56. The highest BCUT2D eigenvalue weighted by Crippen LogP contribution is 2.24. The Morgan fingerprint density at radius 1 is 1.50 bits per heavy atom. The molecule has 3 rings (SSSR count). The van der Waals surface area contributed by atoms with Crippen LogP contribution in [0.4, 0.5) is 10.1 Å². The number of nitrogens with one attached hydrogen (secondary N) is 2.